The van der Waals surface area contributed by atoms with Gasteiger partial charge in [0.2, 0.25) is 0 Å². The number of rotatable bonds is 2. The van der Waals surface area contributed by atoms with Crippen molar-refractivity contribution in [2.45, 2.75) is 12.1 Å². The van der Waals surface area contributed by atoms with Gasteiger partial charge in [-0.05, 0) is 48.5 Å². The zero-order valence-electron chi connectivity index (χ0n) is 15.8. The van der Waals surface area contributed by atoms with Gasteiger partial charge in [0.15, 0.2) is 5.66 Å². The van der Waals surface area contributed by atoms with Crippen LogP contribution in [0.3, 0.4) is 0 Å². The van der Waals surface area contributed by atoms with E-state index in [0.717, 1.165) is 0 Å². The Bertz CT molecular complexity index is 1150. The van der Waals surface area contributed by atoms with Crippen LogP contribution in [0.1, 0.15) is 32.1 Å². The van der Waals surface area contributed by atoms with Crippen LogP contribution < -0.4 is 0 Å². The van der Waals surface area contributed by atoms with Gasteiger partial charge in [-0.15, -0.1) is 0 Å². The summed E-state index contributed by atoms with van der Waals surface area (Å²) in [4.78, 5) is 39.0. The Balaban J connectivity index is 1.68. The second kappa shape index (κ2) is 6.88. The van der Waals surface area contributed by atoms with Crippen LogP contribution in [-0.4, -0.2) is 44.7 Å². The van der Waals surface area contributed by atoms with E-state index in [-0.39, 0.29) is 11.8 Å². The number of carbonyl (C=O) groups is 2. The van der Waals surface area contributed by atoms with Crippen molar-refractivity contribution in [3.63, 3.8) is 0 Å². The van der Waals surface area contributed by atoms with Gasteiger partial charge in [-0.25, -0.2) is 4.39 Å². The number of amides is 2. The first-order chi connectivity index (χ1) is 14.5. The molecule has 30 heavy (non-hydrogen) atoms. The van der Waals surface area contributed by atoms with Crippen molar-refractivity contribution in [2.75, 3.05) is 13.1 Å². The highest BCUT2D eigenvalue weighted by molar-refractivity contribution is 6.30. The summed E-state index contributed by atoms with van der Waals surface area (Å²) in [5.74, 6) is -0.924. The lowest BCUT2D eigenvalue weighted by molar-refractivity contribution is 0.00490. The summed E-state index contributed by atoms with van der Waals surface area (Å²) in [6, 6.07) is 12.3. The van der Waals surface area contributed by atoms with Crippen molar-refractivity contribution in [3.05, 3.63) is 94.3 Å². The van der Waals surface area contributed by atoms with Crippen LogP contribution in [0, 0.1) is 5.82 Å². The Hall–Kier alpha value is -3.32. The summed E-state index contributed by atoms with van der Waals surface area (Å²) in [6.07, 6.45) is 3.43. The average Bonchev–Trinajstić information content (AvgIpc) is 3.15. The first kappa shape index (κ1) is 18.7. The molecule has 0 radical (unpaired) electrons. The molecule has 2 aliphatic rings. The van der Waals surface area contributed by atoms with Crippen LogP contribution in [0.5, 0.6) is 0 Å². The Morgan fingerprint density at radius 3 is 2.60 bits per heavy atom. The van der Waals surface area contributed by atoms with Crippen molar-refractivity contribution < 1.29 is 14.0 Å². The average molecular weight is 423 g/mol. The molecule has 0 spiro atoms. The maximum atomic E-state index is 13.5. The lowest BCUT2D eigenvalue weighted by atomic mass is 9.88. The lowest BCUT2D eigenvalue weighted by Crippen LogP contribution is -2.59. The van der Waals surface area contributed by atoms with Gasteiger partial charge in [-0.2, -0.15) is 0 Å². The molecule has 0 bridgehead atoms. The molecule has 1 aromatic carbocycles. The van der Waals surface area contributed by atoms with E-state index in [0.29, 0.717) is 47.0 Å². The molecule has 1 saturated heterocycles. The Morgan fingerprint density at radius 1 is 1.07 bits per heavy atom. The van der Waals surface area contributed by atoms with Crippen molar-refractivity contribution in [3.8, 4) is 0 Å². The molecule has 5 rings (SSSR count). The predicted molar refractivity (Wildman–Crippen MR) is 107 cm³/mol. The molecule has 2 aliphatic heterocycles. The second-order valence-electron chi connectivity index (χ2n) is 7.27. The number of carbonyl (C=O) groups excluding carboxylic acids is 2. The summed E-state index contributed by atoms with van der Waals surface area (Å²) in [5, 5.41) is 0.455. The van der Waals surface area contributed by atoms with Gasteiger partial charge in [0.05, 0.1) is 22.0 Å². The number of hydrogen-bond acceptors (Lipinski definition) is 4. The van der Waals surface area contributed by atoms with E-state index >= 15 is 0 Å². The van der Waals surface area contributed by atoms with Gasteiger partial charge in [-0.3, -0.25) is 19.6 Å². The fraction of sp³-hybridized carbons (Fsp3) is 0.182. The smallest absolute Gasteiger partial charge is 0.257 e. The first-order valence-corrected chi connectivity index (χ1v) is 9.84. The quantitative estimate of drug-likeness (QED) is 0.635. The number of halogens is 2. The van der Waals surface area contributed by atoms with Crippen molar-refractivity contribution in [1.29, 1.82) is 0 Å². The van der Waals surface area contributed by atoms with Crippen molar-refractivity contribution >= 4 is 23.4 Å². The normalized spacial score (nSPS) is 20.1. The van der Waals surface area contributed by atoms with Crippen LogP contribution in [0.25, 0.3) is 0 Å². The van der Waals surface area contributed by atoms with Crippen LogP contribution in [0.15, 0.2) is 60.9 Å². The summed E-state index contributed by atoms with van der Waals surface area (Å²) in [6.45, 7) is 0.671. The molecular weight excluding hydrogens is 407 g/mol. The van der Waals surface area contributed by atoms with Crippen LogP contribution in [0.2, 0.25) is 5.02 Å². The van der Waals surface area contributed by atoms with E-state index in [1.165, 1.54) is 30.5 Å². The number of fused-ring (bicyclic) bond motifs is 2. The molecule has 0 saturated carbocycles. The monoisotopic (exact) mass is 422 g/mol. The SMILES string of the molecule is O=C(c1ccc(F)cc1)N1CCN2C(=O)c3cccnc3C[C@@]12c1ccc(Cl)cn1. The highest BCUT2D eigenvalue weighted by atomic mass is 35.5. The molecule has 150 valence electrons. The first-order valence-electron chi connectivity index (χ1n) is 9.46. The van der Waals surface area contributed by atoms with Gasteiger partial charge in [-0.1, -0.05) is 11.6 Å². The van der Waals surface area contributed by atoms with Crippen LogP contribution >= 0.6 is 11.6 Å². The third kappa shape index (κ3) is 2.69. The molecule has 4 heterocycles. The number of hydrogen-bond donors (Lipinski definition) is 0. The molecule has 2 amide bonds. The molecular formula is C22H16ClFN4O2. The van der Waals surface area contributed by atoms with Gasteiger partial charge < -0.3 is 9.80 Å². The summed E-state index contributed by atoms with van der Waals surface area (Å²) >= 11 is 6.04. The summed E-state index contributed by atoms with van der Waals surface area (Å²) in [7, 11) is 0. The molecule has 0 aliphatic carbocycles. The van der Waals surface area contributed by atoms with Gasteiger partial charge >= 0.3 is 0 Å². The highest BCUT2D eigenvalue weighted by Crippen LogP contribution is 2.44. The fourth-order valence-electron chi connectivity index (χ4n) is 4.33. The van der Waals surface area contributed by atoms with Crippen molar-refractivity contribution in [2.24, 2.45) is 0 Å². The predicted octanol–water partition coefficient (Wildman–Crippen LogP) is 3.28. The molecule has 1 atom stereocenters. The topological polar surface area (TPSA) is 66.4 Å². The van der Waals surface area contributed by atoms with E-state index in [2.05, 4.69) is 9.97 Å². The molecule has 8 heteroatoms. The zero-order valence-corrected chi connectivity index (χ0v) is 16.5. The minimum absolute atomic E-state index is 0.199. The molecule has 0 unspecified atom stereocenters. The van der Waals surface area contributed by atoms with Gasteiger partial charge in [0.25, 0.3) is 11.8 Å². The van der Waals surface area contributed by atoms with Gasteiger partial charge in [0, 0.05) is 37.5 Å². The molecule has 3 aromatic rings. The number of pyridine rings is 2. The Kier molecular flexibility index (Phi) is 4.29. The van der Waals surface area contributed by atoms with E-state index in [4.69, 9.17) is 11.6 Å². The Labute approximate surface area is 176 Å². The second-order valence-corrected chi connectivity index (χ2v) is 7.71. The van der Waals surface area contributed by atoms with Gasteiger partial charge in [0.1, 0.15) is 5.82 Å². The van der Waals surface area contributed by atoms with E-state index < -0.39 is 11.5 Å². The van der Waals surface area contributed by atoms with E-state index in [9.17, 15) is 14.0 Å². The standard InChI is InChI=1S/C22H16ClFN4O2/c23-15-5-8-19(26-13-15)22-12-18-17(2-1-9-25-18)21(30)28(22)11-10-27(22)20(29)14-3-6-16(24)7-4-14/h1-9,13H,10-12H2/t22-/m1/s1. The fourth-order valence-corrected chi connectivity index (χ4v) is 4.44. The van der Waals surface area contributed by atoms with Crippen molar-refractivity contribution in [1.82, 2.24) is 19.8 Å². The maximum Gasteiger partial charge on any atom is 0.257 e. The Morgan fingerprint density at radius 2 is 1.87 bits per heavy atom. The third-order valence-corrected chi connectivity index (χ3v) is 5.92. The summed E-state index contributed by atoms with van der Waals surface area (Å²) < 4.78 is 13.4. The van der Waals surface area contributed by atoms with E-state index in [1.54, 1.807) is 40.3 Å². The lowest BCUT2D eigenvalue weighted by Gasteiger charge is -2.46. The molecule has 6 nitrogen and oxygen atoms in total. The third-order valence-electron chi connectivity index (χ3n) is 5.69. The maximum absolute atomic E-state index is 13.5. The molecule has 2 aromatic heterocycles. The number of benzene rings is 1. The molecule has 1 fully saturated rings. The molecule has 0 N–H and O–H groups in total. The number of aromatic nitrogens is 2. The van der Waals surface area contributed by atoms with E-state index in [1.807, 2.05) is 0 Å². The minimum atomic E-state index is -1.13. The largest absolute Gasteiger partial charge is 0.308 e. The highest BCUT2D eigenvalue weighted by Gasteiger charge is 2.57. The van der Waals surface area contributed by atoms with Crippen LogP contribution in [-0.2, 0) is 12.1 Å². The van der Waals surface area contributed by atoms with Crippen LogP contribution in [0.4, 0.5) is 4.39 Å². The number of nitrogens with zero attached hydrogens (tertiary/aromatic N) is 4. The summed E-state index contributed by atoms with van der Waals surface area (Å²) in [5.41, 5.74) is 0.872. The minimum Gasteiger partial charge on any atom is -0.308 e. The zero-order chi connectivity index (χ0) is 20.9.